The first kappa shape index (κ1) is 13.7. The molecule has 3 nitrogen and oxygen atoms in total. The number of hydrogen-bond donors (Lipinski definition) is 1. The fourth-order valence-corrected chi connectivity index (χ4v) is 3.25. The average Bonchev–Trinajstić information content (AvgIpc) is 2.85. The summed E-state index contributed by atoms with van der Waals surface area (Å²) in [6, 6.07) is 11.5. The maximum atomic E-state index is 6.08. The van der Waals surface area contributed by atoms with Crippen molar-refractivity contribution in [1.29, 1.82) is 0 Å². The predicted molar refractivity (Wildman–Crippen MR) is 88.6 cm³/mol. The first-order chi connectivity index (χ1) is 9.67. The number of methoxy groups -OCH3 is 1. The highest BCUT2D eigenvalue weighted by molar-refractivity contribution is 9.10. The highest BCUT2D eigenvalue weighted by Gasteiger charge is 2.08. The summed E-state index contributed by atoms with van der Waals surface area (Å²) < 4.78 is 7.12. The van der Waals surface area contributed by atoms with Gasteiger partial charge >= 0.3 is 0 Å². The van der Waals surface area contributed by atoms with Crippen molar-refractivity contribution in [3.05, 3.63) is 45.9 Å². The molecule has 0 radical (unpaired) electrons. The normalized spacial score (nSPS) is 10.8. The van der Waals surface area contributed by atoms with Gasteiger partial charge in [-0.05, 0) is 46.3 Å². The Morgan fingerprint density at radius 1 is 1.30 bits per heavy atom. The molecule has 1 N–H and O–H groups in total. The van der Waals surface area contributed by atoms with Crippen molar-refractivity contribution < 1.29 is 4.74 Å². The first-order valence-electron chi connectivity index (χ1n) is 5.83. The maximum Gasteiger partial charge on any atom is 0.188 e. The summed E-state index contributed by atoms with van der Waals surface area (Å²) in [7, 11) is 1.66. The van der Waals surface area contributed by atoms with Gasteiger partial charge in [-0.1, -0.05) is 29.0 Å². The summed E-state index contributed by atoms with van der Waals surface area (Å²) in [6.45, 7) is 0. The average molecular weight is 370 g/mol. The molecule has 0 saturated heterocycles. The third-order valence-electron chi connectivity index (χ3n) is 2.79. The topological polar surface area (TPSA) is 34.1 Å². The predicted octanol–water partition coefficient (Wildman–Crippen LogP) is 5.46. The number of hydrogen-bond acceptors (Lipinski definition) is 4. The van der Waals surface area contributed by atoms with Crippen LogP contribution in [0.3, 0.4) is 0 Å². The highest BCUT2D eigenvalue weighted by atomic mass is 79.9. The van der Waals surface area contributed by atoms with Gasteiger partial charge in [-0.2, -0.15) is 0 Å². The van der Waals surface area contributed by atoms with Crippen LogP contribution >= 0.6 is 38.9 Å². The van der Waals surface area contributed by atoms with E-state index in [4.69, 9.17) is 16.3 Å². The Morgan fingerprint density at radius 3 is 2.95 bits per heavy atom. The molecule has 0 aliphatic rings. The molecule has 0 aliphatic carbocycles. The summed E-state index contributed by atoms with van der Waals surface area (Å²) in [5, 5.41) is 4.76. The van der Waals surface area contributed by atoms with Crippen LogP contribution in [0.15, 0.2) is 40.9 Å². The number of nitrogens with one attached hydrogen (secondary N) is 1. The van der Waals surface area contributed by atoms with Crippen LogP contribution in [-0.4, -0.2) is 12.1 Å². The van der Waals surface area contributed by atoms with Crippen LogP contribution in [-0.2, 0) is 0 Å². The fourth-order valence-electron chi connectivity index (χ4n) is 1.80. The number of aromatic nitrogens is 1. The van der Waals surface area contributed by atoms with E-state index in [0.717, 1.165) is 31.3 Å². The Bertz CT molecular complexity index is 775. The number of benzene rings is 2. The maximum absolute atomic E-state index is 6.08. The van der Waals surface area contributed by atoms with Crippen molar-refractivity contribution >= 4 is 59.9 Å². The van der Waals surface area contributed by atoms with Crippen LogP contribution in [0.1, 0.15) is 0 Å². The minimum absolute atomic E-state index is 0.665. The molecule has 0 bridgehead atoms. The molecule has 0 fully saturated rings. The lowest BCUT2D eigenvalue weighted by Gasteiger charge is -2.05. The summed E-state index contributed by atoms with van der Waals surface area (Å²) in [5.41, 5.74) is 1.83. The van der Waals surface area contributed by atoms with Gasteiger partial charge in [-0.3, -0.25) is 0 Å². The van der Waals surface area contributed by atoms with Crippen LogP contribution < -0.4 is 10.1 Å². The van der Waals surface area contributed by atoms with Crippen LogP contribution in [0, 0.1) is 0 Å². The lowest BCUT2D eigenvalue weighted by atomic mass is 10.3. The molecule has 2 aromatic carbocycles. The van der Waals surface area contributed by atoms with E-state index in [9.17, 15) is 0 Å². The van der Waals surface area contributed by atoms with Gasteiger partial charge < -0.3 is 10.1 Å². The molecular weight excluding hydrogens is 360 g/mol. The number of ether oxygens (including phenoxy) is 1. The third kappa shape index (κ3) is 2.61. The molecule has 6 heteroatoms. The molecule has 1 heterocycles. The molecular formula is C14H10BrClN2OS. The monoisotopic (exact) mass is 368 g/mol. The Morgan fingerprint density at radius 2 is 2.15 bits per heavy atom. The first-order valence-corrected chi connectivity index (χ1v) is 7.82. The molecule has 0 unspecified atom stereocenters. The zero-order chi connectivity index (χ0) is 14.1. The Labute approximate surface area is 133 Å². The standard InChI is InChI=1S/C14H10BrClN2OS/c1-19-8-5-6-10-12(7-8)20-14(17-10)18-11-4-2-3-9(16)13(11)15/h2-7H,1H3,(H,17,18). The zero-order valence-corrected chi connectivity index (χ0v) is 13.6. The number of fused-ring (bicyclic) bond motifs is 1. The molecule has 0 amide bonds. The molecule has 1 aromatic heterocycles. The molecule has 3 rings (SSSR count). The minimum atomic E-state index is 0.665. The number of nitrogens with zero attached hydrogens (tertiary/aromatic N) is 1. The second-order valence-electron chi connectivity index (χ2n) is 4.08. The Kier molecular flexibility index (Phi) is 3.83. The summed E-state index contributed by atoms with van der Waals surface area (Å²) in [6.07, 6.45) is 0. The Hall–Kier alpha value is -1.30. The quantitative estimate of drug-likeness (QED) is 0.665. The SMILES string of the molecule is COc1ccc2nc(Nc3cccc(Cl)c3Br)sc2c1. The van der Waals surface area contributed by atoms with Crippen molar-refractivity contribution in [2.45, 2.75) is 0 Å². The van der Waals surface area contributed by atoms with E-state index in [1.165, 1.54) is 0 Å². The smallest absolute Gasteiger partial charge is 0.188 e. The van der Waals surface area contributed by atoms with E-state index >= 15 is 0 Å². The lowest BCUT2D eigenvalue weighted by Crippen LogP contribution is -1.90. The van der Waals surface area contributed by atoms with Crippen LogP contribution in [0.4, 0.5) is 10.8 Å². The zero-order valence-electron chi connectivity index (χ0n) is 10.5. The summed E-state index contributed by atoms with van der Waals surface area (Å²) in [5.74, 6) is 0.830. The number of halogens is 2. The van der Waals surface area contributed by atoms with Crippen LogP contribution in [0.25, 0.3) is 10.2 Å². The van der Waals surface area contributed by atoms with Gasteiger partial charge in [0.25, 0.3) is 0 Å². The second kappa shape index (κ2) is 5.60. The molecule has 102 valence electrons. The van der Waals surface area contributed by atoms with E-state index in [1.807, 2.05) is 36.4 Å². The molecule has 0 atom stereocenters. The fraction of sp³-hybridized carbons (Fsp3) is 0.0714. The molecule has 0 spiro atoms. The van der Waals surface area contributed by atoms with Crippen LogP contribution in [0.5, 0.6) is 5.75 Å². The van der Waals surface area contributed by atoms with Gasteiger partial charge in [-0.15, -0.1) is 0 Å². The highest BCUT2D eigenvalue weighted by Crippen LogP contribution is 2.35. The number of anilines is 2. The number of thiazole rings is 1. The Balaban J connectivity index is 1.96. The van der Waals surface area contributed by atoms with E-state index in [2.05, 4.69) is 26.2 Å². The van der Waals surface area contributed by atoms with Gasteiger partial charge in [0.1, 0.15) is 5.75 Å². The molecule has 20 heavy (non-hydrogen) atoms. The second-order valence-corrected chi connectivity index (χ2v) is 6.31. The summed E-state index contributed by atoms with van der Waals surface area (Å²) >= 11 is 11.1. The largest absolute Gasteiger partial charge is 0.497 e. The van der Waals surface area contributed by atoms with Gasteiger partial charge in [-0.25, -0.2) is 4.98 Å². The van der Waals surface area contributed by atoms with Gasteiger partial charge in [0.2, 0.25) is 0 Å². The van der Waals surface area contributed by atoms with E-state index in [-0.39, 0.29) is 0 Å². The van der Waals surface area contributed by atoms with Crippen molar-refractivity contribution in [2.75, 3.05) is 12.4 Å². The third-order valence-corrected chi connectivity index (χ3v) is 5.12. The van der Waals surface area contributed by atoms with E-state index in [1.54, 1.807) is 18.4 Å². The number of rotatable bonds is 3. The molecule has 3 aromatic rings. The summed E-state index contributed by atoms with van der Waals surface area (Å²) in [4.78, 5) is 4.54. The molecule has 0 saturated carbocycles. The van der Waals surface area contributed by atoms with Gasteiger partial charge in [0.15, 0.2) is 5.13 Å². The van der Waals surface area contributed by atoms with Gasteiger partial charge in [0.05, 0.1) is 32.5 Å². The van der Waals surface area contributed by atoms with Crippen LogP contribution in [0.2, 0.25) is 5.02 Å². The van der Waals surface area contributed by atoms with E-state index in [0.29, 0.717) is 5.02 Å². The van der Waals surface area contributed by atoms with E-state index < -0.39 is 0 Å². The van der Waals surface area contributed by atoms with Crippen molar-refractivity contribution in [2.24, 2.45) is 0 Å². The molecule has 0 aliphatic heterocycles. The lowest BCUT2D eigenvalue weighted by molar-refractivity contribution is 0.415. The van der Waals surface area contributed by atoms with Crippen molar-refractivity contribution in [1.82, 2.24) is 4.98 Å². The van der Waals surface area contributed by atoms with Gasteiger partial charge in [0, 0.05) is 0 Å². The van der Waals surface area contributed by atoms with Crippen molar-refractivity contribution in [3.8, 4) is 5.75 Å². The minimum Gasteiger partial charge on any atom is -0.497 e. The van der Waals surface area contributed by atoms with Crippen molar-refractivity contribution in [3.63, 3.8) is 0 Å².